The normalized spacial score (nSPS) is 26.7. The van der Waals surface area contributed by atoms with E-state index in [-0.39, 0.29) is 12.3 Å². The highest BCUT2D eigenvalue weighted by atomic mass is 35.5. The molecule has 8 heteroatoms. The van der Waals surface area contributed by atoms with E-state index in [9.17, 15) is 19.7 Å². The summed E-state index contributed by atoms with van der Waals surface area (Å²) in [7, 11) is 0. The Morgan fingerprint density at radius 2 is 2.13 bits per heavy atom. The molecule has 3 atom stereocenters. The smallest absolute Gasteiger partial charge is 0.249 e. The van der Waals surface area contributed by atoms with Crippen molar-refractivity contribution in [1.82, 2.24) is 5.32 Å². The van der Waals surface area contributed by atoms with Gasteiger partial charge in [-0.05, 0) is 25.0 Å². The second-order valence-electron chi connectivity index (χ2n) is 5.84. The third-order valence-electron chi connectivity index (χ3n) is 4.26. The second-order valence-corrected chi connectivity index (χ2v) is 6.25. The van der Waals surface area contributed by atoms with E-state index in [1.54, 1.807) is 29.2 Å². The standard InChI is InChI=1S/C15H16ClN3O4/c16-10-4-1-2-6-12(10)18-7-3-5-11(15(18)21)17-14(20)9-8-13(9)19(22)23/h1-2,4,6,9,11,13H,3,5,7-8H2,(H,17,20). The molecule has 1 aromatic rings. The number of carbonyl (C=O) groups excluding carboxylic acids is 2. The molecule has 1 aliphatic carbocycles. The van der Waals surface area contributed by atoms with Crippen LogP contribution < -0.4 is 10.2 Å². The zero-order valence-corrected chi connectivity index (χ0v) is 13.0. The van der Waals surface area contributed by atoms with Crippen LogP contribution in [0.2, 0.25) is 5.02 Å². The molecule has 3 rings (SSSR count). The van der Waals surface area contributed by atoms with Crippen LogP contribution in [0.4, 0.5) is 5.69 Å². The summed E-state index contributed by atoms with van der Waals surface area (Å²) in [5, 5.41) is 13.8. The molecule has 2 fully saturated rings. The minimum Gasteiger partial charge on any atom is -0.344 e. The van der Waals surface area contributed by atoms with Crippen LogP contribution in [0.25, 0.3) is 0 Å². The van der Waals surface area contributed by atoms with Crippen molar-refractivity contribution >= 4 is 29.1 Å². The molecule has 2 amide bonds. The summed E-state index contributed by atoms with van der Waals surface area (Å²) >= 11 is 6.13. The molecule has 3 unspecified atom stereocenters. The van der Waals surface area contributed by atoms with Crippen molar-refractivity contribution in [3.8, 4) is 0 Å². The lowest BCUT2D eigenvalue weighted by Crippen LogP contribution is -2.53. The molecule has 0 bridgehead atoms. The maximum atomic E-state index is 12.6. The zero-order chi connectivity index (χ0) is 16.6. The molecule has 0 radical (unpaired) electrons. The first kappa shape index (κ1) is 15.7. The van der Waals surface area contributed by atoms with Gasteiger partial charge in [0.15, 0.2) is 0 Å². The van der Waals surface area contributed by atoms with E-state index in [2.05, 4.69) is 5.32 Å². The van der Waals surface area contributed by atoms with E-state index in [4.69, 9.17) is 11.6 Å². The lowest BCUT2D eigenvalue weighted by Gasteiger charge is -2.33. The highest BCUT2D eigenvalue weighted by Crippen LogP contribution is 2.34. The monoisotopic (exact) mass is 337 g/mol. The number of amides is 2. The number of nitrogens with zero attached hydrogens (tertiary/aromatic N) is 2. The van der Waals surface area contributed by atoms with Crippen molar-refractivity contribution in [3.05, 3.63) is 39.4 Å². The Morgan fingerprint density at radius 1 is 1.39 bits per heavy atom. The van der Waals surface area contributed by atoms with Gasteiger partial charge in [-0.1, -0.05) is 23.7 Å². The van der Waals surface area contributed by atoms with Crippen molar-refractivity contribution in [1.29, 1.82) is 0 Å². The van der Waals surface area contributed by atoms with Crippen LogP contribution >= 0.6 is 11.6 Å². The fraction of sp³-hybridized carbons (Fsp3) is 0.467. The van der Waals surface area contributed by atoms with Crippen LogP contribution in [-0.2, 0) is 9.59 Å². The first-order valence-electron chi connectivity index (χ1n) is 7.49. The summed E-state index contributed by atoms with van der Waals surface area (Å²) in [5.41, 5.74) is 0.618. The Bertz CT molecular complexity index is 666. The molecule has 7 nitrogen and oxygen atoms in total. The van der Waals surface area contributed by atoms with Crippen LogP contribution in [0, 0.1) is 16.0 Å². The summed E-state index contributed by atoms with van der Waals surface area (Å²) in [6, 6.07) is 5.58. The number of para-hydroxylation sites is 1. The third-order valence-corrected chi connectivity index (χ3v) is 4.58. The predicted molar refractivity (Wildman–Crippen MR) is 83.9 cm³/mol. The lowest BCUT2D eigenvalue weighted by atomic mass is 10.0. The quantitative estimate of drug-likeness (QED) is 0.667. The van der Waals surface area contributed by atoms with Crippen LogP contribution in [-0.4, -0.2) is 35.4 Å². The molecular weight excluding hydrogens is 322 g/mol. The minimum atomic E-state index is -0.812. The number of hydrogen-bond donors (Lipinski definition) is 1. The van der Waals surface area contributed by atoms with Crippen LogP contribution in [0.15, 0.2) is 24.3 Å². The Balaban J connectivity index is 1.67. The second kappa shape index (κ2) is 6.16. The Hall–Kier alpha value is -2.15. The molecule has 1 heterocycles. The van der Waals surface area contributed by atoms with Gasteiger partial charge >= 0.3 is 0 Å². The molecule has 1 saturated carbocycles. The van der Waals surface area contributed by atoms with E-state index in [1.807, 2.05) is 0 Å². The van der Waals surface area contributed by atoms with Gasteiger partial charge in [0.2, 0.25) is 17.9 Å². The maximum Gasteiger partial charge on any atom is 0.249 e. The van der Waals surface area contributed by atoms with Crippen molar-refractivity contribution in [2.45, 2.75) is 31.3 Å². The van der Waals surface area contributed by atoms with Crippen LogP contribution in [0.1, 0.15) is 19.3 Å². The molecule has 2 aliphatic rings. The van der Waals surface area contributed by atoms with Crippen molar-refractivity contribution in [2.24, 2.45) is 5.92 Å². The van der Waals surface area contributed by atoms with Gasteiger partial charge in [0.05, 0.1) is 10.7 Å². The number of anilines is 1. The molecule has 0 aromatic heterocycles. The number of carbonyl (C=O) groups is 2. The van der Waals surface area contributed by atoms with Gasteiger partial charge < -0.3 is 10.2 Å². The van der Waals surface area contributed by atoms with E-state index < -0.39 is 28.8 Å². The number of halogens is 1. The Morgan fingerprint density at radius 3 is 2.78 bits per heavy atom. The summed E-state index contributed by atoms with van der Waals surface area (Å²) in [6.45, 7) is 0.538. The topological polar surface area (TPSA) is 92.6 Å². The van der Waals surface area contributed by atoms with Crippen LogP contribution in [0.5, 0.6) is 0 Å². The zero-order valence-electron chi connectivity index (χ0n) is 12.3. The Labute approximate surface area is 137 Å². The maximum absolute atomic E-state index is 12.6. The van der Waals surface area contributed by atoms with Crippen molar-refractivity contribution in [3.63, 3.8) is 0 Å². The van der Waals surface area contributed by atoms with E-state index in [1.165, 1.54) is 0 Å². The number of nitrogens with one attached hydrogen (secondary N) is 1. The van der Waals surface area contributed by atoms with Gasteiger partial charge in [0.25, 0.3) is 0 Å². The average molecular weight is 338 g/mol. The lowest BCUT2D eigenvalue weighted by molar-refractivity contribution is -0.497. The molecule has 1 N–H and O–H groups in total. The summed E-state index contributed by atoms with van der Waals surface area (Å²) in [5.74, 6) is -1.25. The minimum absolute atomic E-state index is 0.226. The predicted octanol–water partition coefficient (Wildman–Crippen LogP) is 1.62. The molecular formula is C15H16ClN3O4. The van der Waals surface area contributed by atoms with Gasteiger partial charge in [-0.15, -0.1) is 0 Å². The van der Waals surface area contributed by atoms with E-state index in [0.717, 1.165) is 6.42 Å². The highest BCUT2D eigenvalue weighted by molar-refractivity contribution is 6.33. The average Bonchev–Trinajstić information content (AvgIpc) is 3.31. The summed E-state index contributed by atoms with van der Waals surface area (Å²) in [4.78, 5) is 36.4. The largest absolute Gasteiger partial charge is 0.344 e. The SMILES string of the molecule is O=C(NC1CCCN(c2ccccc2Cl)C1=O)C1CC1[N+](=O)[O-]. The first-order chi connectivity index (χ1) is 11.0. The fourth-order valence-corrected chi connectivity index (χ4v) is 3.13. The number of benzene rings is 1. The van der Waals surface area contributed by atoms with Crippen LogP contribution in [0.3, 0.4) is 0 Å². The molecule has 122 valence electrons. The summed E-state index contributed by atoms with van der Waals surface area (Å²) in [6.07, 6.45) is 1.50. The first-order valence-corrected chi connectivity index (χ1v) is 7.86. The van der Waals surface area contributed by atoms with Gasteiger partial charge in [0.1, 0.15) is 12.0 Å². The van der Waals surface area contributed by atoms with E-state index >= 15 is 0 Å². The van der Waals surface area contributed by atoms with Crippen molar-refractivity contribution < 1.29 is 14.5 Å². The molecule has 23 heavy (non-hydrogen) atoms. The summed E-state index contributed by atoms with van der Waals surface area (Å²) < 4.78 is 0. The number of piperidine rings is 1. The molecule has 1 aromatic carbocycles. The number of hydrogen-bond acceptors (Lipinski definition) is 4. The van der Waals surface area contributed by atoms with Gasteiger partial charge in [-0.3, -0.25) is 19.7 Å². The van der Waals surface area contributed by atoms with Gasteiger partial charge in [-0.25, -0.2) is 0 Å². The highest BCUT2D eigenvalue weighted by Gasteiger charge is 2.54. The number of rotatable bonds is 4. The third kappa shape index (κ3) is 3.14. The van der Waals surface area contributed by atoms with E-state index in [0.29, 0.717) is 23.7 Å². The molecule has 1 aliphatic heterocycles. The molecule has 1 saturated heterocycles. The fourth-order valence-electron chi connectivity index (χ4n) is 2.89. The number of nitro groups is 1. The van der Waals surface area contributed by atoms with Gasteiger partial charge in [0, 0.05) is 17.9 Å². The molecule has 0 spiro atoms. The van der Waals surface area contributed by atoms with Crippen molar-refractivity contribution in [2.75, 3.05) is 11.4 Å². The van der Waals surface area contributed by atoms with Gasteiger partial charge in [-0.2, -0.15) is 0 Å². The Kier molecular flexibility index (Phi) is 4.21.